The number of amides is 1. The molecule has 0 aliphatic rings. The molecule has 112 valence electrons. The molecule has 0 bridgehead atoms. The van der Waals surface area contributed by atoms with Crippen LogP contribution in [0.15, 0.2) is 24.3 Å². The number of hydrogen-bond donors (Lipinski definition) is 1. The second-order valence-electron chi connectivity index (χ2n) is 4.59. The van der Waals surface area contributed by atoms with Crippen molar-refractivity contribution in [2.75, 3.05) is 25.9 Å². The summed E-state index contributed by atoms with van der Waals surface area (Å²) in [5.41, 5.74) is 6.26. The van der Waals surface area contributed by atoms with Crippen LogP contribution in [-0.2, 0) is 21.3 Å². The van der Waals surface area contributed by atoms with Gasteiger partial charge in [-0.25, -0.2) is 0 Å². The van der Waals surface area contributed by atoms with Gasteiger partial charge in [0.1, 0.15) is 0 Å². The highest BCUT2D eigenvalue weighted by Gasteiger charge is 2.11. The predicted molar refractivity (Wildman–Crippen MR) is 84.1 cm³/mol. The second-order valence-corrected chi connectivity index (χ2v) is 6.57. The van der Waals surface area contributed by atoms with Crippen molar-refractivity contribution in [3.63, 3.8) is 0 Å². The molecule has 1 unspecified atom stereocenters. The maximum absolute atomic E-state index is 12.0. The standard InChI is InChI=1S/C14H21ClN2O2S/c1-17(9-4-8-16)14(18)7-10-20(19)11-12-5-2-3-6-13(12)15/h2-3,5-6H,4,7-11,16H2,1H3. The Bertz CT molecular complexity index is 468. The van der Waals surface area contributed by atoms with Crippen LogP contribution >= 0.6 is 11.6 Å². The van der Waals surface area contributed by atoms with Gasteiger partial charge in [-0.1, -0.05) is 29.8 Å². The van der Waals surface area contributed by atoms with Gasteiger partial charge >= 0.3 is 0 Å². The Morgan fingerprint density at radius 2 is 2.10 bits per heavy atom. The van der Waals surface area contributed by atoms with Crippen LogP contribution < -0.4 is 5.73 Å². The molecule has 0 aromatic heterocycles. The van der Waals surface area contributed by atoms with Crippen molar-refractivity contribution in [1.82, 2.24) is 4.90 Å². The fourth-order valence-electron chi connectivity index (χ4n) is 1.71. The Balaban J connectivity index is 2.36. The molecule has 0 aliphatic carbocycles. The average Bonchev–Trinajstić information content (AvgIpc) is 2.44. The molecule has 0 saturated heterocycles. The third-order valence-electron chi connectivity index (χ3n) is 2.94. The van der Waals surface area contributed by atoms with Crippen molar-refractivity contribution in [2.45, 2.75) is 18.6 Å². The zero-order valence-corrected chi connectivity index (χ0v) is 13.3. The summed E-state index contributed by atoms with van der Waals surface area (Å²) in [5.74, 6) is 0.752. The maximum Gasteiger partial charge on any atom is 0.223 e. The quantitative estimate of drug-likeness (QED) is 0.795. The normalized spacial score (nSPS) is 12.2. The van der Waals surface area contributed by atoms with Crippen molar-refractivity contribution in [1.29, 1.82) is 0 Å². The van der Waals surface area contributed by atoms with E-state index in [2.05, 4.69) is 0 Å². The van der Waals surface area contributed by atoms with Gasteiger partial charge in [-0.3, -0.25) is 9.00 Å². The van der Waals surface area contributed by atoms with Crippen LogP contribution in [0.3, 0.4) is 0 Å². The van der Waals surface area contributed by atoms with Crippen molar-refractivity contribution >= 4 is 28.3 Å². The van der Waals surface area contributed by atoms with Crippen LogP contribution in [-0.4, -0.2) is 40.9 Å². The largest absolute Gasteiger partial charge is 0.346 e. The minimum absolute atomic E-state index is 0.00552. The first-order valence-electron chi connectivity index (χ1n) is 6.57. The number of rotatable bonds is 8. The van der Waals surface area contributed by atoms with Gasteiger partial charge in [0.2, 0.25) is 5.91 Å². The smallest absolute Gasteiger partial charge is 0.223 e. The molecule has 0 radical (unpaired) electrons. The van der Waals surface area contributed by atoms with Crippen LogP contribution in [0.4, 0.5) is 0 Å². The van der Waals surface area contributed by atoms with Crippen LogP contribution in [0.2, 0.25) is 5.02 Å². The Morgan fingerprint density at radius 1 is 1.40 bits per heavy atom. The summed E-state index contributed by atoms with van der Waals surface area (Å²) in [7, 11) is 0.664. The Labute approximate surface area is 127 Å². The highest BCUT2D eigenvalue weighted by molar-refractivity contribution is 7.84. The Kier molecular flexibility index (Phi) is 7.80. The molecule has 2 N–H and O–H groups in total. The first-order valence-corrected chi connectivity index (χ1v) is 8.43. The van der Waals surface area contributed by atoms with Gasteiger partial charge in [-0.2, -0.15) is 0 Å². The number of halogens is 1. The Hall–Kier alpha value is -0.910. The summed E-state index contributed by atoms with van der Waals surface area (Å²) in [6, 6.07) is 7.34. The fraction of sp³-hybridized carbons (Fsp3) is 0.500. The summed E-state index contributed by atoms with van der Waals surface area (Å²) in [6.07, 6.45) is 1.07. The van der Waals surface area contributed by atoms with E-state index in [9.17, 15) is 9.00 Å². The van der Waals surface area contributed by atoms with Crippen LogP contribution in [0.25, 0.3) is 0 Å². The van der Waals surface area contributed by atoms with E-state index in [-0.39, 0.29) is 12.3 Å². The highest BCUT2D eigenvalue weighted by atomic mass is 35.5. The SMILES string of the molecule is CN(CCCN)C(=O)CCS(=O)Cc1ccccc1Cl. The molecule has 0 heterocycles. The van der Waals surface area contributed by atoms with E-state index in [0.29, 0.717) is 29.6 Å². The van der Waals surface area contributed by atoms with Crippen LogP contribution in [0.5, 0.6) is 0 Å². The number of benzene rings is 1. The molecule has 1 aromatic rings. The third kappa shape index (κ3) is 6.03. The molecule has 1 rings (SSSR count). The number of nitrogens with two attached hydrogens (primary N) is 1. The van der Waals surface area contributed by atoms with E-state index >= 15 is 0 Å². The number of carbonyl (C=O) groups is 1. The minimum atomic E-state index is -1.08. The summed E-state index contributed by atoms with van der Waals surface area (Å²) in [4.78, 5) is 13.4. The average molecular weight is 317 g/mol. The lowest BCUT2D eigenvalue weighted by Crippen LogP contribution is -2.29. The van der Waals surface area contributed by atoms with Gasteiger partial charge in [0.25, 0.3) is 0 Å². The van der Waals surface area contributed by atoms with Gasteiger partial charge in [0.15, 0.2) is 0 Å². The van der Waals surface area contributed by atoms with Gasteiger partial charge in [-0.05, 0) is 24.6 Å². The molecule has 0 saturated carbocycles. The first kappa shape index (κ1) is 17.1. The highest BCUT2D eigenvalue weighted by Crippen LogP contribution is 2.16. The van der Waals surface area contributed by atoms with E-state index in [1.807, 2.05) is 18.2 Å². The lowest BCUT2D eigenvalue weighted by atomic mass is 10.2. The molecular weight excluding hydrogens is 296 g/mol. The third-order valence-corrected chi connectivity index (χ3v) is 4.60. The fourth-order valence-corrected chi connectivity index (χ4v) is 3.13. The van der Waals surface area contributed by atoms with Gasteiger partial charge in [-0.15, -0.1) is 0 Å². The molecule has 4 nitrogen and oxygen atoms in total. The van der Waals surface area contributed by atoms with E-state index in [1.54, 1.807) is 18.0 Å². The summed E-state index contributed by atoms with van der Waals surface area (Å²) in [6.45, 7) is 1.21. The lowest BCUT2D eigenvalue weighted by Gasteiger charge is -2.16. The zero-order chi connectivity index (χ0) is 15.0. The molecule has 0 spiro atoms. The summed E-state index contributed by atoms with van der Waals surface area (Å²) < 4.78 is 12.0. The number of hydrogen-bond acceptors (Lipinski definition) is 3. The first-order chi connectivity index (χ1) is 9.54. The van der Waals surface area contributed by atoms with E-state index in [4.69, 9.17) is 17.3 Å². The zero-order valence-electron chi connectivity index (χ0n) is 11.7. The summed E-state index contributed by atoms with van der Waals surface area (Å²) in [5, 5.41) is 0.618. The Morgan fingerprint density at radius 3 is 2.75 bits per heavy atom. The molecule has 6 heteroatoms. The van der Waals surface area contributed by atoms with Crippen molar-refractivity contribution in [2.24, 2.45) is 5.73 Å². The van der Waals surface area contributed by atoms with Crippen molar-refractivity contribution in [3.8, 4) is 0 Å². The molecular formula is C14H21ClN2O2S. The number of nitrogens with zero attached hydrogens (tertiary/aromatic N) is 1. The summed E-state index contributed by atoms with van der Waals surface area (Å²) >= 11 is 6.02. The van der Waals surface area contributed by atoms with Gasteiger partial charge < -0.3 is 10.6 Å². The maximum atomic E-state index is 12.0. The molecule has 0 fully saturated rings. The monoisotopic (exact) mass is 316 g/mol. The molecule has 1 atom stereocenters. The lowest BCUT2D eigenvalue weighted by molar-refractivity contribution is -0.129. The molecule has 1 amide bonds. The van der Waals surface area contributed by atoms with Gasteiger partial charge in [0.05, 0.1) is 5.75 Å². The topological polar surface area (TPSA) is 63.4 Å². The van der Waals surface area contributed by atoms with E-state index in [1.165, 1.54) is 0 Å². The van der Waals surface area contributed by atoms with E-state index < -0.39 is 10.8 Å². The predicted octanol–water partition coefficient (Wildman–Crippen LogP) is 1.79. The molecule has 1 aromatic carbocycles. The van der Waals surface area contributed by atoms with Crippen LogP contribution in [0, 0.1) is 0 Å². The minimum Gasteiger partial charge on any atom is -0.346 e. The number of carbonyl (C=O) groups excluding carboxylic acids is 1. The van der Waals surface area contributed by atoms with E-state index in [0.717, 1.165) is 12.0 Å². The van der Waals surface area contributed by atoms with Crippen LogP contribution in [0.1, 0.15) is 18.4 Å². The van der Waals surface area contributed by atoms with Gasteiger partial charge in [0, 0.05) is 41.6 Å². The van der Waals surface area contributed by atoms with Crippen molar-refractivity contribution in [3.05, 3.63) is 34.9 Å². The second kappa shape index (κ2) is 9.10. The van der Waals surface area contributed by atoms with Crippen molar-refractivity contribution < 1.29 is 9.00 Å². The molecule has 20 heavy (non-hydrogen) atoms. The molecule has 0 aliphatic heterocycles.